The number of halogens is 7. The summed E-state index contributed by atoms with van der Waals surface area (Å²) in [5.41, 5.74) is 8.06. The molecule has 0 unspecified atom stereocenters. The number of para-hydroxylation sites is 2. The zero-order chi connectivity index (χ0) is 66.0. The van der Waals surface area contributed by atoms with Crippen molar-refractivity contribution in [3.63, 3.8) is 0 Å². The van der Waals surface area contributed by atoms with Crippen LogP contribution in [0.4, 0.5) is 26.3 Å². The summed E-state index contributed by atoms with van der Waals surface area (Å²) in [5, 5.41) is 20.6. The number of fused-ring (bicyclic) bond motifs is 4. The third-order valence-corrected chi connectivity index (χ3v) is 23.4. The molecule has 0 aliphatic carbocycles. The van der Waals surface area contributed by atoms with Crippen molar-refractivity contribution < 1.29 is 58.5 Å². The molecule has 2 amide bonds. The average molecular weight is 1340 g/mol. The molecule has 4 N–H and O–H groups in total. The molecule has 0 saturated heterocycles. The first-order valence-corrected chi connectivity index (χ1v) is 33.5. The highest BCUT2D eigenvalue weighted by Gasteiger charge is 2.51. The Bertz CT molecular complexity index is 4280. The van der Waals surface area contributed by atoms with Crippen molar-refractivity contribution in [2.75, 3.05) is 26.3 Å². The number of hydrogen-bond acceptors (Lipinski definition) is 10. The molecule has 490 valence electrons. The molecule has 22 heteroatoms. The highest BCUT2D eigenvalue weighted by atomic mass is 35.5. The van der Waals surface area contributed by atoms with E-state index >= 15 is 0 Å². The second-order valence-corrected chi connectivity index (χ2v) is 31.6. The maximum Gasteiger partial charge on any atom is 0.405 e. The number of hydrogen-bond donors (Lipinski definition) is 4. The van der Waals surface area contributed by atoms with E-state index in [4.69, 9.17) is 18.2 Å². The van der Waals surface area contributed by atoms with Crippen LogP contribution < -0.4 is 26.3 Å². The average Bonchev–Trinajstić information content (AvgIpc) is 1.70. The molecule has 0 saturated carbocycles. The Kier molecular flexibility index (Phi) is 20.4. The van der Waals surface area contributed by atoms with Crippen molar-refractivity contribution in [1.29, 1.82) is 0 Å². The lowest BCUT2D eigenvalue weighted by Gasteiger charge is -2.43. The number of carbonyl (C=O) groups excluding carboxylic acids is 2. The van der Waals surface area contributed by atoms with E-state index in [2.05, 4.69) is 55.3 Å². The number of pyridine rings is 2. The molecular weight excluding hydrogens is 1270 g/mol. The van der Waals surface area contributed by atoms with Crippen LogP contribution in [0.2, 0.25) is 5.04 Å². The first-order valence-electron chi connectivity index (χ1n) is 30.5. The van der Waals surface area contributed by atoms with Gasteiger partial charge < -0.3 is 34.3 Å². The van der Waals surface area contributed by atoms with Crippen LogP contribution in [0.5, 0.6) is 0 Å². The number of aliphatic hydroxyl groups is 1. The number of furan rings is 2. The fourth-order valence-electron chi connectivity index (χ4n) is 12.4. The van der Waals surface area contributed by atoms with E-state index in [9.17, 15) is 45.2 Å². The van der Waals surface area contributed by atoms with Gasteiger partial charge in [-0.15, -0.1) is 12.4 Å². The number of alkyl halides is 6. The molecule has 13 nitrogen and oxygen atoms in total. The quantitative estimate of drug-likeness (QED) is 0.0508. The third kappa shape index (κ3) is 15.0. The van der Waals surface area contributed by atoms with Gasteiger partial charge in [0.15, 0.2) is 0 Å². The van der Waals surface area contributed by atoms with Gasteiger partial charge in [-0.25, -0.2) is 18.5 Å². The van der Waals surface area contributed by atoms with Crippen LogP contribution in [-0.4, -0.2) is 87.1 Å². The largest absolute Gasteiger partial charge is 0.456 e. The minimum atomic E-state index is -4.60. The van der Waals surface area contributed by atoms with Gasteiger partial charge in [-0.3, -0.25) is 9.59 Å². The van der Waals surface area contributed by atoms with Gasteiger partial charge in [0, 0.05) is 70.9 Å². The number of nitrogens with one attached hydrogen (secondary N) is 3. The lowest BCUT2D eigenvalue weighted by Crippen LogP contribution is -2.66. The van der Waals surface area contributed by atoms with Gasteiger partial charge in [0.25, 0.3) is 20.1 Å². The number of amides is 2. The maximum atomic E-state index is 14.5. The highest BCUT2D eigenvalue weighted by molar-refractivity contribution is 7.84. The number of rotatable bonds is 17. The van der Waals surface area contributed by atoms with Crippen LogP contribution in [0.25, 0.3) is 67.1 Å². The van der Waals surface area contributed by atoms with Crippen molar-refractivity contribution in [1.82, 2.24) is 30.2 Å². The monoisotopic (exact) mass is 1340 g/mol. The molecule has 6 heterocycles. The first-order chi connectivity index (χ1) is 44.3. The lowest BCUT2D eigenvalue weighted by atomic mass is 9.95. The number of carbonyl (C=O) groups is 2. The van der Waals surface area contributed by atoms with Crippen molar-refractivity contribution >= 4 is 75.8 Å². The van der Waals surface area contributed by atoms with Crippen LogP contribution in [0.1, 0.15) is 110 Å². The Morgan fingerprint density at radius 1 is 0.606 bits per heavy atom. The Morgan fingerprint density at radius 3 is 1.52 bits per heavy atom. The molecule has 4 aromatic heterocycles. The fourth-order valence-corrected chi connectivity index (χ4v) is 18.4. The summed E-state index contributed by atoms with van der Waals surface area (Å²) in [6.07, 6.45) is -8.27. The fraction of sp³-hybridized carbons (Fsp3) is 0.278. The van der Waals surface area contributed by atoms with E-state index in [1.54, 1.807) is 6.07 Å². The van der Waals surface area contributed by atoms with Crippen LogP contribution in [0.15, 0.2) is 191 Å². The zero-order valence-electron chi connectivity index (χ0n) is 52.5. The minimum Gasteiger partial charge on any atom is -0.456 e. The molecule has 0 fully saturated rings. The summed E-state index contributed by atoms with van der Waals surface area (Å²) in [5.74, 6) is -0.555. The van der Waals surface area contributed by atoms with Crippen molar-refractivity contribution in [2.24, 2.45) is 0 Å². The van der Waals surface area contributed by atoms with Crippen molar-refractivity contribution in [3.05, 3.63) is 216 Å². The molecule has 2 aliphatic heterocycles. The van der Waals surface area contributed by atoms with Crippen molar-refractivity contribution in [2.45, 2.75) is 102 Å². The van der Waals surface area contributed by atoms with Crippen molar-refractivity contribution in [3.8, 4) is 45.2 Å². The maximum absolute atomic E-state index is 14.5. The SMILES string of the molecule is CC(C)(C)[S@@](=O)N1Cc2cc(C(=O)NCC(F)(F)F)nc(-c3cccc(-c4cc5ccccc5o4)c3)c2[C@H]1CCO[Si](c1ccccc1)(c1ccccc1)C(C)(C)C.Cl.O=C(NCC(F)(F)F)c1cc2c(c(-c3cccc(-c4cc5ccccc5o4)c3)n1)[C@@H](CCO)NC2. The molecule has 12 rings (SSSR count). The van der Waals surface area contributed by atoms with E-state index in [0.29, 0.717) is 65.6 Å². The third-order valence-electron chi connectivity index (χ3n) is 16.5. The summed E-state index contributed by atoms with van der Waals surface area (Å²) in [4.78, 5) is 35.2. The van der Waals surface area contributed by atoms with Crippen LogP contribution in [0, 0.1) is 0 Å². The van der Waals surface area contributed by atoms with E-state index in [-0.39, 0.29) is 48.0 Å². The topological polar surface area (TPSA) is 172 Å². The van der Waals surface area contributed by atoms with E-state index in [1.807, 2.05) is 181 Å². The number of aliphatic hydroxyl groups excluding tert-OH is 1. The predicted octanol–water partition coefficient (Wildman–Crippen LogP) is 15.1. The second kappa shape index (κ2) is 28.0. The normalized spacial score (nSPS) is 15.4. The van der Waals surface area contributed by atoms with Gasteiger partial charge in [-0.2, -0.15) is 26.3 Å². The Labute approximate surface area is 550 Å². The molecule has 94 heavy (non-hydrogen) atoms. The molecule has 6 aromatic carbocycles. The minimum absolute atomic E-state index is 0. The molecule has 10 aromatic rings. The summed E-state index contributed by atoms with van der Waals surface area (Å²) < 4.78 is 113. The smallest absolute Gasteiger partial charge is 0.405 e. The standard InChI is InChI=1S/C46H48F3N3O4SSi.C26H22F3N3O3.ClH/c1-44(2,3)57(54)52-29-34-27-37(43(53)50-30-46(47,48)49)51-42(33-18-15-17-31(26-33)40-28-32-16-13-14-23-39(32)56-40)41(34)38(52)24-25-55-58(45(4,5)6,35-19-9-7-10-20-35)36-21-11-8-12-22-36;27-26(28,29)14-31-25(34)20-11-18-13-30-19(8-9-33)23(18)24(32-20)17-6-3-5-15(10-17)22-12-16-4-1-2-7-21(16)35-22;/h7-23,26-28,38H,24-25,29-30H2,1-6H3,(H,50,53);1-7,10-12,19,30,33H,8-9,13-14H2,(H,31,34);1H/t38-,57-;19-;/m11./s1. The predicted molar refractivity (Wildman–Crippen MR) is 359 cm³/mol. The molecule has 0 spiro atoms. The second-order valence-electron chi connectivity index (χ2n) is 25.1. The van der Waals surface area contributed by atoms with Crippen LogP contribution in [-0.2, 0) is 28.5 Å². The van der Waals surface area contributed by atoms with Gasteiger partial charge in [0.2, 0.25) is 0 Å². The summed E-state index contributed by atoms with van der Waals surface area (Å²) >= 11 is 0. The molecule has 0 radical (unpaired) electrons. The number of benzene rings is 6. The lowest BCUT2D eigenvalue weighted by molar-refractivity contribution is -0.123. The first kappa shape index (κ1) is 68.6. The summed E-state index contributed by atoms with van der Waals surface area (Å²) in [6.45, 7) is 10.3. The molecule has 3 atom stereocenters. The van der Waals surface area contributed by atoms with Gasteiger partial charge in [-0.1, -0.05) is 154 Å². The van der Waals surface area contributed by atoms with Gasteiger partial charge >= 0.3 is 12.4 Å². The van der Waals surface area contributed by atoms with E-state index in [0.717, 1.165) is 60.1 Å². The number of aromatic nitrogens is 2. The summed E-state index contributed by atoms with van der Waals surface area (Å²) in [7, 11) is -4.48. The van der Waals surface area contributed by atoms with Gasteiger partial charge in [0.1, 0.15) is 58.1 Å². The van der Waals surface area contributed by atoms with E-state index < -0.39 is 67.3 Å². The number of nitrogens with zero attached hydrogens (tertiary/aromatic N) is 3. The van der Waals surface area contributed by atoms with Crippen LogP contribution >= 0.6 is 12.4 Å². The van der Waals surface area contributed by atoms with E-state index in [1.165, 1.54) is 6.07 Å². The Hall–Kier alpha value is -8.28. The summed E-state index contributed by atoms with van der Waals surface area (Å²) in [6, 6.07) is 57.3. The van der Waals surface area contributed by atoms with Gasteiger partial charge in [-0.05, 0) is 114 Å². The Balaban J connectivity index is 0.000000228. The molecule has 2 aliphatic rings. The van der Waals surface area contributed by atoms with Crippen LogP contribution in [0.3, 0.4) is 0 Å². The Morgan fingerprint density at radius 2 is 1.06 bits per heavy atom. The molecule has 0 bridgehead atoms. The zero-order valence-corrected chi connectivity index (χ0v) is 55.1. The highest BCUT2D eigenvalue weighted by Crippen LogP contribution is 2.46. The van der Waals surface area contributed by atoms with Gasteiger partial charge in [0.05, 0.1) is 22.2 Å². The molecular formula is C72H71ClF6N6O7SSi.